The van der Waals surface area contributed by atoms with E-state index >= 15 is 0 Å². The predicted octanol–water partition coefficient (Wildman–Crippen LogP) is 2.36. The van der Waals surface area contributed by atoms with Crippen LogP contribution >= 0.6 is 0 Å². The van der Waals surface area contributed by atoms with Gasteiger partial charge < -0.3 is 10.1 Å². The molecule has 0 aliphatic rings. The lowest BCUT2D eigenvalue weighted by Gasteiger charge is -2.04. The molecule has 2 aromatic rings. The Morgan fingerprint density at radius 2 is 2.21 bits per heavy atom. The fraction of sp³-hybridized carbons (Fsp3) is 0.400. The van der Waals surface area contributed by atoms with Crippen molar-refractivity contribution in [2.75, 3.05) is 13.7 Å². The average Bonchev–Trinajstić information content (AvgIpc) is 2.76. The van der Waals surface area contributed by atoms with E-state index in [1.54, 1.807) is 7.11 Å². The van der Waals surface area contributed by atoms with Crippen molar-refractivity contribution in [3.05, 3.63) is 47.3 Å². The van der Waals surface area contributed by atoms with E-state index in [0.29, 0.717) is 0 Å². The van der Waals surface area contributed by atoms with Crippen molar-refractivity contribution in [3.63, 3.8) is 0 Å². The van der Waals surface area contributed by atoms with E-state index in [4.69, 9.17) is 4.74 Å². The van der Waals surface area contributed by atoms with Gasteiger partial charge in [-0.3, -0.25) is 4.68 Å². The Morgan fingerprint density at radius 1 is 1.37 bits per heavy atom. The van der Waals surface area contributed by atoms with Crippen LogP contribution in [0.3, 0.4) is 0 Å². The van der Waals surface area contributed by atoms with E-state index in [1.165, 1.54) is 11.1 Å². The van der Waals surface area contributed by atoms with Gasteiger partial charge in [-0.1, -0.05) is 19.1 Å². The highest BCUT2D eigenvalue weighted by molar-refractivity contribution is 5.28. The highest BCUT2D eigenvalue weighted by atomic mass is 16.5. The van der Waals surface area contributed by atoms with Crippen LogP contribution in [0.25, 0.3) is 0 Å². The lowest BCUT2D eigenvalue weighted by Crippen LogP contribution is -2.11. The van der Waals surface area contributed by atoms with Gasteiger partial charge in [0.2, 0.25) is 0 Å². The smallest absolute Gasteiger partial charge is 0.119 e. The minimum absolute atomic E-state index is 0.768. The maximum Gasteiger partial charge on any atom is 0.119 e. The molecule has 0 atom stereocenters. The van der Waals surface area contributed by atoms with Gasteiger partial charge in [0, 0.05) is 18.3 Å². The second-order valence-electron chi connectivity index (χ2n) is 4.57. The standard InChI is InChI=1S/C15H21N3O/c1-4-16-9-14-11-18(17-12(14)2)10-13-6-5-7-15(8-13)19-3/h5-8,11,16H,4,9-10H2,1-3H3. The summed E-state index contributed by atoms with van der Waals surface area (Å²) < 4.78 is 7.22. The van der Waals surface area contributed by atoms with E-state index in [2.05, 4.69) is 36.5 Å². The first kappa shape index (κ1) is 13.6. The zero-order chi connectivity index (χ0) is 13.7. The minimum atomic E-state index is 0.768. The molecule has 0 aliphatic carbocycles. The van der Waals surface area contributed by atoms with E-state index in [9.17, 15) is 0 Å². The number of ether oxygens (including phenoxy) is 1. The first-order chi connectivity index (χ1) is 9.22. The van der Waals surface area contributed by atoms with Crippen molar-refractivity contribution in [2.24, 2.45) is 0 Å². The number of nitrogens with zero attached hydrogens (tertiary/aromatic N) is 2. The van der Waals surface area contributed by atoms with Gasteiger partial charge in [-0.05, 0) is 31.2 Å². The van der Waals surface area contributed by atoms with E-state index in [0.717, 1.165) is 31.1 Å². The summed E-state index contributed by atoms with van der Waals surface area (Å²) in [6.07, 6.45) is 2.11. The van der Waals surface area contributed by atoms with Crippen LogP contribution in [0.4, 0.5) is 0 Å². The van der Waals surface area contributed by atoms with Crippen LogP contribution < -0.4 is 10.1 Å². The van der Waals surface area contributed by atoms with Gasteiger partial charge in [-0.25, -0.2) is 0 Å². The Hall–Kier alpha value is -1.81. The maximum atomic E-state index is 5.23. The van der Waals surface area contributed by atoms with Crippen molar-refractivity contribution >= 4 is 0 Å². The summed E-state index contributed by atoms with van der Waals surface area (Å²) >= 11 is 0. The second-order valence-corrected chi connectivity index (χ2v) is 4.57. The normalized spacial score (nSPS) is 10.7. The van der Waals surface area contributed by atoms with Crippen LogP contribution in [0.5, 0.6) is 5.75 Å². The van der Waals surface area contributed by atoms with Crippen LogP contribution in [0, 0.1) is 6.92 Å². The summed E-state index contributed by atoms with van der Waals surface area (Å²) in [5, 5.41) is 7.88. The second kappa shape index (κ2) is 6.38. The molecule has 2 rings (SSSR count). The van der Waals surface area contributed by atoms with E-state index in [1.807, 2.05) is 22.9 Å². The van der Waals surface area contributed by atoms with Crippen LogP contribution in [0.2, 0.25) is 0 Å². The topological polar surface area (TPSA) is 39.1 Å². The molecule has 4 heteroatoms. The molecule has 1 heterocycles. The molecule has 0 unspecified atom stereocenters. The van der Waals surface area contributed by atoms with Gasteiger partial charge in [0.15, 0.2) is 0 Å². The highest BCUT2D eigenvalue weighted by Crippen LogP contribution is 2.14. The summed E-state index contributed by atoms with van der Waals surface area (Å²) in [5.41, 5.74) is 3.53. The molecule has 1 N–H and O–H groups in total. The number of hydrogen-bond donors (Lipinski definition) is 1. The SMILES string of the molecule is CCNCc1cn(Cc2cccc(OC)c2)nc1C. The first-order valence-corrected chi connectivity index (χ1v) is 6.59. The van der Waals surface area contributed by atoms with Gasteiger partial charge in [0.1, 0.15) is 5.75 Å². The lowest BCUT2D eigenvalue weighted by atomic mass is 10.2. The van der Waals surface area contributed by atoms with Crippen molar-refractivity contribution in [2.45, 2.75) is 26.9 Å². The Bertz CT molecular complexity index is 534. The number of benzene rings is 1. The zero-order valence-corrected chi connectivity index (χ0v) is 11.8. The number of hydrogen-bond acceptors (Lipinski definition) is 3. The molecule has 0 aliphatic heterocycles. The van der Waals surface area contributed by atoms with Crippen molar-refractivity contribution in [3.8, 4) is 5.75 Å². The fourth-order valence-electron chi connectivity index (χ4n) is 2.03. The molecule has 102 valence electrons. The number of nitrogens with one attached hydrogen (secondary N) is 1. The fourth-order valence-corrected chi connectivity index (χ4v) is 2.03. The summed E-state index contributed by atoms with van der Waals surface area (Å²) in [6, 6.07) is 8.09. The minimum Gasteiger partial charge on any atom is -0.497 e. The van der Waals surface area contributed by atoms with Crippen molar-refractivity contribution in [1.29, 1.82) is 0 Å². The Morgan fingerprint density at radius 3 is 2.95 bits per heavy atom. The third-order valence-corrected chi connectivity index (χ3v) is 3.09. The van der Waals surface area contributed by atoms with Crippen molar-refractivity contribution < 1.29 is 4.74 Å². The molecule has 0 saturated carbocycles. The third kappa shape index (κ3) is 3.58. The van der Waals surface area contributed by atoms with Gasteiger partial charge >= 0.3 is 0 Å². The van der Waals surface area contributed by atoms with E-state index < -0.39 is 0 Å². The van der Waals surface area contributed by atoms with Gasteiger partial charge in [0.05, 0.1) is 19.3 Å². The van der Waals surface area contributed by atoms with Crippen molar-refractivity contribution in [1.82, 2.24) is 15.1 Å². The van der Waals surface area contributed by atoms with Crippen LogP contribution in [0.15, 0.2) is 30.5 Å². The third-order valence-electron chi connectivity index (χ3n) is 3.09. The van der Waals surface area contributed by atoms with Gasteiger partial charge in [-0.2, -0.15) is 5.10 Å². The summed E-state index contributed by atoms with van der Waals surface area (Å²) in [6.45, 7) is 6.77. The van der Waals surface area contributed by atoms with Gasteiger partial charge in [-0.15, -0.1) is 0 Å². The zero-order valence-electron chi connectivity index (χ0n) is 11.8. The molecule has 4 nitrogen and oxygen atoms in total. The Balaban J connectivity index is 2.10. The molecule has 1 aromatic heterocycles. The maximum absolute atomic E-state index is 5.23. The largest absolute Gasteiger partial charge is 0.497 e. The van der Waals surface area contributed by atoms with Crippen LogP contribution in [-0.4, -0.2) is 23.4 Å². The van der Waals surface area contributed by atoms with Crippen LogP contribution in [-0.2, 0) is 13.1 Å². The molecular formula is C15H21N3O. The number of rotatable bonds is 6. The molecule has 0 amide bonds. The molecule has 19 heavy (non-hydrogen) atoms. The quantitative estimate of drug-likeness (QED) is 0.865. The van der Waals surface area contributed by atoms with E-state index in [-0.39, 0.29) is 0 Å². The number of aryl methyl sites for hydroxylation is 1. The molecular weight excluding hydrogens is 238 g/mol. The first-order valence-electron chi connectivity index (χ1n) is 6.59. The average molecular weight is 259 g/mol. The van der Waals surface area contributed by atoms with Crippen LogP contribution in [0.1, 0.15) is 23.7 Å². The number of methoxy groups -OCH3 is 1. The summed E-state index contributed by atoms with van der Waals surface area (Å²) in [4.78, 5) is 0. The molecule has 0 spiro atoms. The summed E-state index contributed by atoms with van der Waals surface area (Å²) in [5.74, 6) is 0.884. The molecule has 1 aromatic carbocycles. The van der Waals surface area contributed by atoms with Gasteiger partial charge in [0.25, 0.3) is 0 Å². The predicted molar refractivity (Wildman–Crippen MR) is 76.4 cm³/mol. The lowest BCUT2D eigenvalue weighted by molar-refractivity contribution is 0.414. The number of aromatic nitrogens is 2. The highest BCUT2D eigenvalue weighted by Gasteiger charge is 2.05. The monoisotopic (exact) mass is 259 g/mol. The molecule has 0 bridgehead atoms. The Labute approximate surface area is 114 Å². The molecule has 0 saturated heterocycles. The molecule has 0 fully saturated rings. The molecule has 0 radical (unpaired) electrons. The Kier molecular flexibility index (Phi) is 4.58. The summed E-state index contributed by atoms with van der Waals surface area (Å²) in [7, 11) is 1.69.